The van der Waals surface area contributed by atoms with Gasteiger partial charge in [-0.15, -0.1) is 0 Å². The SMILES string of the molecule is O=C([O-])CCC(O)c1ccc(OCc2ccccc2I)cc1.[Na+]. The van der Waals surface area contributed by atoms with E-state index in [1.165, 1.54) is 0 Å². The van der Waals surface area contributed by atoms with Crippen LogP contribution in [0.4, 0.5) is 0 Å². The molecule has 0 saturated carbocycles. The van der Waals surface area contributed by atoms with Gasteiger partial charge in [0.25, 0.3) is 0 Å². The number of rotatable bonds is 7. The maximum Gasteiger partial charge on any atom is 1.00 e. The molecule has 0 heterocycles. The fourth-order valence-electron chi connectivity index (χ4n) is 1.98. The van der Waals surface area contributed by atoms with E-state index < -0.39 is 12.1 Å². The zero-order valence-corrected chi connectivity index (χ0v) is 17.0. The molecule has 0 aromatic heterocycles. The fourth-order valence-corrected chi connectivity index (χ4v) is 2.53. The summed E-state index contributed by atoms with van der Waals surface area (Å²) in [5, 5.41) is 20.3. The van der Waals surface area contributed by atoms with Crippen LogP contribution < -0.4 is 39.4 Å². The van der Waals surface area contributed by atoms with Crippen LogP contribution in [0.3, 0.4) is 0 Å². The largest absolute Gasteiger partial charge is 1.00 e. The van der Waals surface area contributed by atoms with Crippen molar-refractivity contribution in [1.82, 2.24) is 0 Å². The number of carboxylic acids is 1. The van der Waals surface area contributed by atoms with E-state index in [1.807, 2.05) is 24.3 Å². The van der Waals surface area contributed by atoms with Crippen LogP contribution in [-0.4, -0.2) is 11.1 Å². The summed E-state index contributed by atoms with van der Waals surface area (Å²) in [5.41, 5.74) is 1.78. The first-order valence-electron chi connectivity index (χ1n) is 6.90. The maximum atomic E-state index is 10.4. The van der Waals surface area contributed by atoms with E-state index in [4.69, 9.17) is 4.74 Å². The molecular formula is C17H16INaO4. The van der Waals surface area contributed by atoms with Gasteiger partial charge < -0.3 is 19.7 Å². The molecule has 2 rings (SSSR count). The third-order valence-corrected chi connectivity index (χ3v) is 4.29. The number of aliphatic hydroxyl groups excluding tert-OH is 1. The molecule has 6 heteroatoms. The number of carboxylic acid groups (broad SMARTS) is 1. The van der Waals surface area contributed by atoms with Gasteiger partial charge in [0.1, 0.15) is 12.4 Å². The molecule has 0 bridgehead atoms. The second-order valence-corrected chi connectivity index (χ2v) is 6.04. The summed E-state index contributed by atoms with van der Waals surface area (Å²) in [4.78, 5) is 10.4. The Morgan fingerprint density at radius 1 is 1.17 bits per heavy atom. The standard InChI is InChI=1S/C17H17IO4.Na/c18-15-4-2-1-3-13(15)11-22-14-7-5-12(6-8-14)16(19)9-10-17(20)21;/h1-8,16,19H,9-11H2,(H,20,21);/q;+1/p-1. The van der Waals surface area contributed by atoms with Gasteiger partial charge in [0.05, 0.1) is 6.10 Å². The van der Waals surface area contributed by atoms with E-state index in [1.54, 1.807) is 24.3 Å². The van der Waals surface area contributed by atoms with Crippen molar-refractivity contribution in [2.24, 2.45) is 0 Å². The van der Waals surface area contributed by atoms with E-state index >= 15 is 0 Å². The van der Waals surface area contributed by atoms with Gasteiger partial charge in [-0.25, -0.2) is 0 Å². The molecule has 2 aromatic rings. The number of aliphatic carboxylic acids is 1. The summed E-state index contributed by atoms with van der Waals surface area (Å²) in [6.07, 6.45) is -0.821. The molecule has 1 N–H and O–H groups in total. The molecule has 1 atom stereocenters. The molecule has 116 valence electrons. The Morgan fingerprint density at radius 3 is 2.43 bits per heavy atom. The van der Waals surface area contributed by atoms with Crippen molar-refractivity contribution in [1.29, 1.82) is 0 Å². The Kier molecular flexibility index (Phi) is 9.16. The van der Waals surface area contributed by atoms with Gasteiger partial charge in [-0.3, -0.25) is 0 Å². The molecule has 0 fully saturated rings. The van der Waals surface area contributed by atoms with Crippen LogP contribution in [0.1, 0.15) is 30.1 Å². The number of benzene rings is 2. The molecule has 0 aliphatic heterocycles. The predicted molar refractivity (Wildman–Crippen MR) is 89.1 cm³/mol. The number of halogens is 1. The topological polar surface area (TPSA) is 69.6 Å². The van der Waals surface area contributed by atoms with Gasteiger partial charge in [-0.2, -0.15) is 0 Å². The number of ether oxygens (including phenoxy) is 1. The summed E-state index contributed by atoms with van der Waals surface area (Å²) in [5.74, 6) is -0.452. The van der Waals surface area contributed by atoms with Crippen LogP contribution >= 0.6 is 22.6 Å². The van der Waals surface area contributed by atoms with E-state index in [0.29, 0.717) is 17.9 Å². The monoisotopic (exact) mass is 434 g/mol. The van der Waals surface area contributed by atoms with Crippen molar-refractivity contribution in [2.45, 2.75) is 25.6 Å². The van der Waals surface area contributed by atoms with E-state index in [9.17, 15) is 15.0 Å². The zero-order chi connectivity index (χ0) is 15.9. The summed E-state index contributed by atoms with van der Waals surface area (Å²) in [6.45, 7) is 0.478. The molecule has 0 spiro atoms. The van der Waals surface area contributed by atoms with E-state index in [0.717, 1.165) is 9.13 Å². The van der Waals surface area contributed by atoms with E-state index in [-0.39, 0.29) is 42.4 Å². The molecule has 23 heavy (non-hydrogen) atoms. The molecule has 4 nitrogen and oxygen atoms in total. The molecular weight excluding hydrogens is 418 g/mol. The van der Waals surface area contributed by atoms with Gasteiger partial charge in [0, 0.05) is 15.1 Å². The van der Waals surface area contributed by atoms with Crippen molar-refractivity contribution in [3.63, 3.8) is 0 Å². The third-order valence-electron chi connectivity index (χ3n) is 3.24. The van der Waals surface area contributed by atoms with Crippen LogP contribution in [0.15, 0.2) is 48.5 Å². The Hall–Kier alpha value is -0.600. The normalized spacial score (nSPS) is 11.4. The average molecular weight is 434 g/mol. The fraction of sp³-hybridized carbons (Fsp3) is 0.235. The molecule has 0 amide bonds. The molecule has 0 aliphatic carbocycles. The summed E-state index contributed by atoms with van der Waals surface area (Å²) < 4.78 is 6.86. The molecule has 0 radical (unpaired) electrons. The molecule has 0 aliphatic rings. The van der Waals surface area contributed by atoms with Crippen LogP contribution in [0.2, 0.25) is 0 Å². The van der Waals surface area contributed by atoms with Crippen LogP contribution in [0, 0.1) is 3.57 Å². The van der Waals surface area contributed by atoms with Crippen molar-refractivity contribution in [3.05, 3.63) is 63.2 Å². The molecule has 1 unspecified atom stereocenters. The van der Waals surface area contributed by atoms with Crippen molar-refractivity contribution in [3.8, 4) is 5.75 Å². The van der Waals surface area contributed by atoms with Crippen molar-refractivity contribution in [2.75, 3.05) is 0 Å². The Bertz CT molecular complexity index is 631. The van der Waals surface area contributed by atoms with Gasteiger partial charge in [-0.05, 0) is 59.2 Å². The van der Waals surface area contributed by atoms with Gasteiger partial charge >= 0.3 is 29.6 Å². The average Bonchev–Trinajstić information content (AvgIpc) is 2.52. The summed E-state index contributed by atoms with van der Waals surface area (Å²) >= 11 is 2.27. The van der Waals surface area contributed by atoms with Gasteiger partial charge in [0.2, 0.25) is 0 Å². The first kappa shape index (κ1) is 20.4. The number of hydrogen-bond acceptors (Lipinski definition) is 4. The maximum absolute atomic E-state index is 10.4. The first-order chi connectivity index (χ1) is 10.6. The zero-order valence-electron chi connectivity index (χ0n) is 12.9. The minimum Gasteiger partial charge on any atom is -0.550 e. The third kappa shape index (κ3) is 6.81. The van der Waals surface area contributed by atoms with Crippen LogP contribution in [-0.2, 0) is 11.4 Å². The van der Waals surface area contributed by atoms with Crippen molar-refractivity contribution >= 4 is 28.6 Å². The Morgan fingerprint density at radius 2 is 1.83 bits per heavy atom. The van der Waals surface area contributed by atoms with Gasteiger partial charge in [-0.1, -0.05) is 30.3 Å². The Labute approximate surface area is 171 Å². The number of aliphatic hydroxyl groups is 1. The molecule has 2 aromatic carbocycles. The predicted octanol–water partition coefficient (Wildman–Crippen LogP) is -0.562. The first-order valence-corrected chi connectivity index (χ1v) is 7.98. The second kappa shape index (κ2) is 10.3. The molecule has 0 saturated heterocycles. The number of carbonyl (C=O) groups is 1. The second-order valence-electron chi connectivity index (χ2n) is 4.88. The smallest absolute Gasteiger partial charge is 0.550 e. The van der Waals surface area contributed by atoms with Gasteiger partial charge in [0.15, 0.2) is 0 Å². The summed E-state index contributed by atoms with van der Waals surface area (Å²) in [6, 6.07) is 15.0. The minimum absolute atomic E-state index is 0. The van der Waals surface area contributed by atoms with Crippen molar-refractivity contribution < 1.29 is 49.3 Å². The quantitative estimate of drug-likeness (QED) is 0.469. The summed E-state index contributed by atoms with van der Waals surface area (Å²) in [7, 11) is 0. The minimum atomic E-state index is -1.16. The van der Waals surface area contributed by atoms with E-state index in [2.05, 4.69) is 22.6 Å². The number of hydrogen-bond donors (Lipinski definition) is 1. The van der Waals surface area contributed by atoms with Crippen LogP contribution in [0.25, 0.3) is 0 Å². The number of carbonyl (C=O) groups excluding carboxylic acids is 1. The van der Waals surface area contributed by atoms with Crippen LogP contribution in [0.5, 0.6) is 5.75 Å². The Balaban J connectivity index is 0.00000264.